The topological polar surface area (TPSA) is 394 Å². The lowest BCUT2D eigenvalue weighted by molar-refractivity contribution is 0.432. The smallest absolute Gasteiger partial charge is 0.238 e. The summed E-state index contributed by atoms with van der Waals surface area (Å²) in [6.07, 6.45) is 0. The zero-order chi connectivity index (χ0) is 48.0. The molecule has 15 N–H and O–H groups in total. The fourth-order valence-corrected chi connectivity index (χ4v) is 6.51. The SMILES string of the molecule is O=c1c(O)c(-c2ccc(O)cc2O)oc2cc(O)cc(O)c12.O=c1c(O)c(-c2ccc(O)cc2O)oc2cc(O)cc(O)c12.O=c1c(O)c(-c2ccc(O)cc2O)oc2cc(O)cc(O)c12. The summed E-state index contributed by atoms with van der Waals surface area (Å²) in [6, 6.07) is 16.6. The Hall–Kier alpha value is -10.1. The number of rotatable bonds is 3. The van der Waals surface area contributed by atoms with Crippen molar-refractivity contribution < 1.29 is 89.8 Å². The van der Waals surface area contributed by atoms with Crippen molar-refractivity contribution in [3.63, 3.8) is 0 Å². The fraction of sp³-hybridized carbons (Fsp3) is 0. The number of hydrogen-bond donors (Lipinski definition) is 15. The van der Waals surface area contributed by atoms with Crippen molar-refractivity contribution in [1.82, 2.24) is 0 Å². The van der Waals surface area contributed by atoms with E-state index in [2.05, 4.69) is 0 Å². The first kappa shape index (κ1) is 44.0. The molecule has 0 aliphatic rings. The van der Waals surface area contributed by atoms with Crippen LogP contribution in [0.4, 0.5) is 0 Å². The van der Waals surface area contributed by atoms with Gasteiger partial charge in [-0.15, -0.1) is 0 Å². The number of hydrogen-bond acceptors (Lipinski definition) is 21. The Morgan fingerprint density at radius 1 is 0.273 bits per heavy atom. The molecular formula is C45H30O21. The zero-order valence-corrected chi connectivity index (χ0v) is 32.8. The molecule has 6 aromatic carbocycles. The highest BCUT2D eigenvalue weighted by molar-refractivity contribution is 5.91. The largest absolute Gasteiger partial charge is 0.508 e. The van der Waals surface area contributed by atoms with E-state index in [1.54, 1.807) is 0 Å². The van der Waals surface area contributed by atoms with Gasteiger partial charge in [-0.05, 0) is 36.4 Å². The Balaban J connectivity index is 0.000000147. The van der Waals surface area contributed by atoms with Gasteiger partial charge in [-0.2, -0.15) is 0 Å². The van der Waals surface area contributed by atoms with Crippen LogP contribution < -0.4 is 16.3 Å². The summed E-state index contributed by atoms with van der Waals surface area (Å²) in [5.41, 5.74) is -3.33. The minimum atomic E-state index is -0.916. The summed E-state index contributed by atoms with van der Waals surface area (Å²) in [4.78, 5) is 36.5. The molecule has 0 unspecified atom stereocenters. The maximum absolute atomic E-state index is 12.2. The molecule has 0 radical (unpaired) electrons. The minimum Gasteiger partial charge on any atom is -0.508 e. The van der Waals surface area contributed by atoms with Crippen LogP contribution in [0, 0.1) is 0 Å². The predicted octanol–water partition coefficient (Wildman–Crippen LogP) is 5.96. The van der Waals surface area contributed by atoms with Gasteiger partial charge >= 0.3 is 0 Å². The Bertz CT molecular complexity index is 3250. The molecule has 66 heavy (non-hydrogen) atoms. The molecule has 3 heterocycles. The molecule has 0 spiro atoms. The van der Waals surface area contributed by atoms with Gasteiger partial charge in [-0.3, -0.25) is 14.4 Å². The summed E-state index contributed by atoms with van der Waals surface area (Å²) in [6.45, 7) is 0. The second-order valence-corrected chi connectivity index (χ2v) is 13.9. The third-order valence-corrected chi connectivity index (χ3v) is 9.48. The summed E-state index contributed by atoms with van der Waals surface area (Å²) in [7, 11) is 0. The van der Waals surface area contributed by atoms with Crippen LogP contribution in [-0.4, -0.2) is 76.6 Å². The van der Waals surface area contributed by atoms with Crippen molar-refractivity contribution in [1.29, 1.82) is 0 Å². The van der Waals surface area contributed by atoms with E-state index >= 15 is 0 Å². The first-order valence-corrected chi connectivity index (χ1v) is 18.4. The molecule has 3 aromatic heterocycles. The van der Waals surface area contributed by atoms with E-state index in [1.807, 2.05) is 0 Å². The van der Waals surface area contributed by atoms with E-state index in [1.165, 1.54) is 36.4 Å². The van der Waals surface area contributed by atoms with Gasteiger partial charge in [0.2, 0.25) is 33.5 Å². The molecule has 0 saturated heterocycles. The number of phenolic OH excluding ortho intramolecular Hbond substituents is 12. The van der Waals surface area contributed by atoms with E-state index < -0.39 is 68.0 Å². The lowest BCUT2D eigenvalue weighted by atomic mass is 10.1. The van der Waals surface area contributed by atoms with Crippen LogP contribution in [0.15, 0.2) is 119 Å². The monoisotopic (exact) mass is 906 g/mol. The summed E-state index contributed by atoms with van der Waals surface area (Å²) < 4.78 is 16.0. The summed E-state index contributed by atoms with van der Waals surface area (Å²) in [5, 5.41) is 144. The molecule has 0 amide bonds. The number of benzene rings is 6. The molecule has 21 nitrogen and oxygen atoms in total. The van der Waals surface area contributed by atoms with Crippen molar-refractivity contribution in [3.8, 4) is 120 Å². The van der Waals surface area contributed by atoms with Crippen LogP contribution in [0.3, 0.4) is 0 Å². The van der Waals surface area contributed by atoms with Gasteiger partial charge in [0.1, 0.15) is 102 Å². The maximum Gasteiger partial charge on any atom is 0.238 e. The average Bonchev–Trinajstić information content (AvgIpc) is 3.22. The Morgan fingerprint density at radius 3 is 0.727 bits per heavy atom. The van der Waals surface area contributed by atoms with Crippen LogP contribution in [-0.2, 0) is 0 Å². The molecule has 0 fully saturated rings. The van der Waals surface area contributed by atoms with Gasteiger partial charge in [0.25, 0.3) is 0 Å². The Labute approximate surface area is 364 Å². The van der Waals surface area contributed by atoms with E-state index in [-0.39, 0.29) is 101 Å². The van der Waals surface area contributed by atoms with E-state index in [9.17, 15) is 91.0 Å². The van der Waals surface area contributed by atoms with Gasteiger partial charge in [-0.1, -0.05) is 0 Å². The molecular weight excluding hydrogens is 876 g/mol. The van der Waals surface area contributed by atoms with Crippen molar-refractivity contribution in [2.75, 3.05) is 0 Å². The lowest BCUT2D eigenvalue weighted by Gasteiger charge is -2.09. The molecule has 9 rings (SSSR count). The molecule has 9 aromatic rings. The lowest BCUT2D eigenvalue weighted by Crippen LogP contribution is -2.03. The number of aromatic hydroxyl groups is 15. The minimum absolute atomic E-state index is 0.0304. The van der Waals surface area contributed by atoms with Crippen LogP contribution in [0.1, 0.15) is 0 Å². The van der Waals surface area contributed by atoms with Gasteiger partial charge in [-0.25, -0.2) is 0 Å². The number of phenols is 12. The second kappa shape index (κ2) is 16.7. The Kier molecular flexibility index (Phi) is 11.1. The van der Waals surface area contributed by atoms with Crippen molar-refractivity contribution in [2.24, 2.45) is 0 Å². The van der Waals surface area contributed by atoms with Crippen molar-refractivity contribution >= 4 is 32.9 Å². The molecule has 0 saturated carbocycles. The first-order valence-electron chi connectivity index (χ1n) is 18.4. The highest BCUT2D eigenvalue weighted by Crippen LogP contribution is 2.42. The van der Waals surface area contributed by atoms with Crippen LogP contribution >= 0.6 is 0 Å². The van der Waals surface area contributed by atoms with Crippen LogP contribution in [0.5, 0.6) is 86.2 Å². The maximum atomic E-state index is 12.2. The van der Waals surface area contributed by atoms with E-state index in [0.29, 0.717) is 0 Å². The summed E-state index contributed by atoms with van der Waals surface area (Å²) >= 11 is 0. The molecule has 0 aliphatic carbocycles. The normalized spacial score (nSPS) is 10.9. The number of fused-ring (bicyclic) bond motifs is 3. The van der Waals surface area contributed by atoms with Crippen molar-refractivity contribution in [3.05, 3.63) is 122 Å². The highest BCUT2D eigenvalue weighted by Gasteiger charge is 2.24. The van der Waals surface area contributed by atoms with Gasteiger partial charge in [0.15, 0.2) is 17.3 Å². The summed E-state index contributed by atoms with van der Waals surface area (Å²) in [5.74, 6) is -7.97. The first-order chi connectivity index (χ1) is 31.1. The molecule has 21 heteroatoms. The molecule has 336 valence electrons. The quantitative estimate of drug-likeness (QED) is 0.0971. The molecule has 0 atom stereocenters. The van der Waals surface area contributed by atoms with Crippen LogP contribution in [0.25, 0.3) is 66.9 Å². The predicted molar refractivity (Wildman–Crippen MR) is 229 cm³/mol. The van der Waals surface area contributed by atoms with E-state index in [0.717, 1.165) is 54.6 Å². The average molecular weight is 907 g/mol. The van der Waals surface area contributed by atoms with Gasteiger partial charge in [0.05, 0.1) is 16.7 Å². The third-order valence-electron chi connectivity index (χ3n) is 9.48. The third kappa shape index (κ3) is 8.06. The van der Waals surface area contributed by atoms with E-state index in [4.69, 9.17) is 13.3 Å². The standard InChI is InChI=1S/3C15H10O7/c3*16-6-1-2-8(9(18)3-6)15-14(21)13(20)12-10(19)4-7(17)5-11(12)22-15/h3*1-5,16-19,21H. The highest BCUT2D eigenvalue weighted by atomic mass is 16.4. The molecule has 0 aliphatic heterocycles. The fourth-order valence-electron chi connectivity index (χ4n) is 6.51. The van der Waals surface area contributed by atoms with Gasteiger partial charge < -0.3 is 89.8 Å². The molecule has 0 bridgehead atoms. The van der Waals surface area contributed by atoms with Gasteiger partial charge in [0, 0.05) is 54.6 Å². The van der Waals surface area contributed by atoms with Crippen LogP contribution in [0.2, 0.25) is 0 Å². The van der Waals surface area contributed by atoms with Crippen molar-refractivity contribution in [2.45, 2.75) is 0 Å². The Morgan fingerprint density at radius 2 is 0.500 bits per heavy atom. The zero-order valence-electron chi connectivity index (χ0n) is 32.8. The second-order valence-electron chi connectivity index (χ2n) is 13.9.